The third kappa shape index (κ3) is 4.43. The molecule has 3 N–H and O–H groups in total. The highest BCUT2D eigenvalue weighted by molar-refractivity contribution is 6.06. The number of urea groups is 1. The molecule has 25 heavy (non-hydrogen) atoms. The lowest BCUT2D eigenvalue weighted by Gasteiger charge is -2.38. The second kappa shape index (κ2) is 8.33. The summed E-state index contributed by atoms with van der Waals surface area (Å²) < 4.78 is 0. The van der Waals surface area contributed by atoms with Gasteiger partial charge in [0, 0.05) is 39.1 Å². The Balaban J connectivity index is 0.00000225. The SMILES string of the molecule is CC1(C2CCN(CCC(=O)N3CCNCC3)CC2)NC(=O)NC1=O.Cl. The van der Waals surface area contributed by atoms with E-state index in [1.165, 1.54) is 0 Å². The van der Waals surface area contributed by atoms with Crippen LogP contribution in [0.1, 0.15) is 26.2 Å². The van der Waals surface area contributed by atoms with Crippen LogP contribution in [0.3, 0.4) is 0 Å². The summed E-state index contributed by atoms with van der Waals surface area (Å²) in [6, 6.07) is -0.397. The van der Waals surface area contributed by atoms with E-state index in [1.54, 1.807) is 0 Å². The third-order valence-electron chi connectivity index (χ3n) is 5.59. The molecular formula is C16H28ClN5O3. The van der Waals surface area contributed by atoms with Gasteiger partial charge in [-0.2, -0.15) is 0 Å². The molecule has 142 valence electrons. The van der Waals surface area contributed by atoms with Gasteiger partial charge in [-0.15, -0.1) is 12.4 Å². The van der Waals surface area contributed by atoms with Crippen LogP contribution in [-0.2, 0) is 9.59 Å². The average molecular weight is 374 g/mol. The minimum Gasteiger partial charge on any atom is -0.340 e. The van der Waals surface area contributed by atoms with Crippen LogP contribution >= 0.6 is 12.4 Å². The largest absolute Gasteiger partial charge is 0.340 e. The number of amides is 4. The van der Waals surface area contributed by atoms with Gasteiger partial charge in [0.1, 0.15) is 5.54 Å². The van der Waals surface area contributed by atoms with Crippen molar-refractivity contribution in [1.29, 1.82) is 0 Å². The Hall–Kier alpha value is -1.38. The number of rotatable bonds is 4. The molecule has 3 saturated heterocycles. The highest BCUT2D eigenvalue weighted by Crippen LogP contribution is 2.30. The van der Waals surface area contributed by atoms with E-state index in [1.807, 2.05) is 11.8 Å². The summed E-state index contributed by atoms with van der Waals surface area (Å²) in [5.41, 5.74) is -0.792. The molecule has 0 spiro atoms. The quantitative estimate of drug-likeness (QED) is 0.580. The third-order valence-corrected chi connectivity index (χ3v) is 5.59. The van der Waals surface area contributed by atoms with Crippen LogP contribution in [-0.4, -0.2) is 79.0 Å². The predicted octanol–water partition coefficient (Wildman–Crippen LogP) is -0.460. The van der Waals surface area contributed by atoms with E-state index in [9.17, 15) is 14.4 Å². The van der Waals surface area contributed by atoms with Crippen molar-refractivity contribution in [3.8, 4) is 0 Å². The number of hydrogen-bond donors (Lipinski definition) is 3. The topological polar surface area (TPSA) is 93.8 Å². The number of piperazine rings is 1. The Morgan fingerprint density at radius 2 is 1.80 bits per heavy atom. The Bertz CT molecular complexity index is 518. The standard InChI is InChI=1S/C16H27N5O3.ClH/c1-16(14(23)18-15(24)19-16)12-2-7-20(8-3-12)9-4-13(22)21-10-5-17-6-11-21;/h12,17H,2-11H2,1H3,(H2,18,19,23,24);1H. The number of carbonyl (C=O) groups excluding carboxylic acids is 3. The van der Waals surface area contributed by atoms with Gasteiger partial charge in [0.15, 0.2) is 0 Å². The van der Waals surface area contributed by atoms with Gasteiger partial charge in [-0.05, 0) is 38.8 Å². The lowest BCUT2D eigenvalue weighted by Crippen LogP contribution is -2.54. The maximum atomic E-state index is 12.2. The van der Waals surface area contributed by atoms with Gasteiger partial charge in [-0.25, -0.2) is 4.79 Å². The van der Waals surface area contributed by atoms with Crippen molar-refractivity contribution in [2.24, 2.45) is 5.92 Å². The first-order chi connectivity index (χ1) is 11.5. The van der Waals surface area contributed by atoms with Crippen LogP contribution in [0, 0.1) is 5.92 Å². The summed E-state index contributed by atoms with van der Waals surface area (Å²) in [4.78, 5) is 39.9. The number of carbonyl (C=O) groups is 3. The molecule has 0 aromatic heterocycles. The molecule has 0 aromatic carbocycles. The van der Waals surface area contributed by atoms with Gasteiger partial charge < -0.3 is 20.4 Å². The molecule has 3 aliphatic rings. The first-order valence-electron chi connectivity index (χ1n) is 8.83. The van der Waals surface area contributed by atoms with Crippen molar-refractivity contribution < 1.29 is 14.4 Å². The lowest BCUT2D eigenvalue weighted by atomic mass is 9.79. The highest BCUT2D eigenvalue weighted by Gasteiger charge is 2.48. The number of nitrogens with one attached hydrogen (secondary N) is 3. The van der Waals surface area contributed by atoms with Crippen molar-refractivity contribution in [1.82, 2.24) is 25.8 Å². The molecule has 1 unspecified atom stereocenters. The average Bonchev–Trinajstić information content (AvgIpc) is 2.87. The normalized spacial score (nSPS) is 28.3. The molecule has 0 aliphatic carbocycles. The molecule has 3 rings (SSSR count). The van der Waals surface area contributed by atoms with Crippen molar-refractivity contribution in [2.45, 2.75) is 31.7 Å². The summed E-state index contributed by atoms with van der Waals surface area (Å²) in [6.07, 6.45) is 2.26. The number of likely N-dealkylation sites (tertiary alicyclic amines) is 1. The molecule has 0 aromatic rings. The summed E-state index contributed by atoms with van der Waals surface area (Å²) in [7, 11) is 0. The van der Waals surface area contributed by atoms with Crippen LogP contribution in [0.5, 0.6) is 0 Å². The minimum absolute atomic E-state index is 0. The summed E-state index contributed by atoms with van der Waals surface area (Å²) >= 11 is 0. The number of nitrogens with zero attached hydrogens (tertiary/aromatic N) is 2. The second-order valence-corrected chi connectivity index (χ2v) is 7.11. The van der Waals surface area contributed by atoms with Crippen LogP contribution in [0.2, 0.25) is 0 Å². The van der Waals surface area contributed by atoms with E-state index < -0.39 is 11.6 Å². The fourth-order valence-electron chi connectivity index (χ4n) is 3.90. The zero-order valence-electron chi connectivity index (χ0n) is 14.7. The van der Waals surface area contributed by atoms with E-state index in [2.05, 4.69) is 20.9 Å². The maximum Gasteiger partial charge on any atom is 0.322 e. The van der Waals surface area contributed by atoms with Gasteiger partial charge in [-0.1, -0.05) is 0 Å². The first kappa shape index (κ1) is 19.9. The van der Waals surface area contributed by atoms with Gasteiger partial charge in [-0.3, -0.25) is 14.9 Å². The molecule has 4 amide bonds. The van der Waals surface area contributed by atoms with Crippen molar-refractivity contribution >= 4 is 30.3 Å². The monoisotopic (exact) mass is 373 g/mol. The minimum atomic E-state index is -0.792. The van der Waals surface area contributed by atoms with Gasteiger partial charge in [0.2, 0.25) is 5.91 Å². The van der Waals surface area contributed by atoms with E-state index in [4.69, 9.17) is 0 Å². The number of imide groups is 1. The van der Waals surface area contributed by atoms with E-state index >= 15 is 0 Å². The maximum absolute atomic E-state index is 12.2. The lowest BCUT2D eigenvalue weighted by molar-refractivity contribution is -0.132. The van der Waals surface area contributed by atoms with Crippen molar-refractivity contribution in [3.05, 3.63) is 0 Å². The fourth-order valence-corrected chi connectivity index (χ4v) is 3.90. The molecule has 8 nitrogen and oxygen atoms in total. The summed E-state index contributed by atoms with van der Waals surface area (Å²) in [5.74, 6) is 0.150. The fraction of sp³-hybridized carbons (Fsp3) is 0.812. The first-order valence-corrected chi connectivity index (χ1v) is 8.83. The van der Waals surface area contributed by atoms with E-state index in [0.717, 1.165) is 58.7 Å². The Labute approximate surface area is 154 Å². The summed E-state index contributed by atoms with van der Waals surface area (Å²) in [6.45, 7) is 7.65. The number of piperidine rings is 1. The molecule has 0 saturated carbocycles. The Morgan fingerprint density at radius 1 is 1.16 bits per heavy atom. The molecule has 3 fully saturated rings. The van der Waals surface area contributed by atoms with Gasteiger partial charge in [0.25, 0.3) is 5.91 Å². The van der Waals surface area contributed by atoms with E-state index in [-0.39, 0.29) is 30.1 Å². The van der Waals surface area contributed by atoms with E-state index in [0.29, 0.717) is 6.42 Å². The predicted molar refractivity (Wildman–Crippen MR) is 95.6 cm³/mol. The second-order valence-electron chi connectivity index (χ2n) is 7.11. The molecule has 1 atom stereocenters. The highest BCUT2D eigenvalue weighted by atomic mass is 35.5. The van der Waals surface area contributed by atoms with Crippen LogP contribution < -0.4 is 16.0 Å². The molecule has 3 aliphatic heterocycles. The molecule has 9 heteroatoms. The zero-order valence-corrected chi connectivity index (χ0v) is 15.5. The molecule has 0 radical (unpaired) electrons. The smallest absolute Gasteiger partial charge is 0.322 e. The molecule has 0 bridgehead atoms. The van der Waals surface area contributed by atoms with Crippen molar-refractivity contribution in [3.63, 3.8) is 0 Å². The number of halogens is 1. The van der Waals surface area contributed by atoms with Gasteiger partial charge >= 0.3 is 6.03 Å². The van der Waals surface area contributed by atoms with Crippen molar-refractivity contribution in [2.75, 3.05) is 45.8 Å². The Kier molecular flexibility index (Phi) is 6.65. The van der Waals surface area contributed by atoms with Crippen LogP contribution in [0.4, 0.5) is 4.79 Å². The van der Waals surface area contributed by atoms with Crippen LogP contribution in [0.15, 0.2) is 0 Å². The van der Waals surface area contributed by atoms with Gasteiger partial charge in [0.05, 0.1) is 0 Å². The zero-order chi connectivity index (χ0) is 17.2. The Morgan fingerprint density at radius 3 is 2.36 bits per heavy atom. The summed E-state index contributed by atoms with van der Waals surface area (Å²) in [5, 5.41) is 8.36. The molecular weight excluding hydrogens is 346 g/mol. The molecule has 3 heterocycles. The van der Waals surface area contributed by atoms with Crippen LogP contribution in [0.25, 0.3) is 0 Å². The number of hydrogen-bond acceptors (Lipinski definition) is 5.